The third kappa shape index (κ3) is 2.59. The summed E-state index contributed by atoms with van der Waals surface area (Å²) in [6, 6.07) is 0.361. The molecule has 18 heavy (non-hydrogen) atoms. The minimum atomic E-state index is -0.196. The van der Waals surface area contributed by atoms with Crippen molar-refractivity contribution in [2.75, 3.05) is 5.32 Å². The summed E-state index contributed by atoms with van der Waals surface area (Å²) >= 11 is 3.31. The third-order valence-corrected chi connectivity index (χ3v) is 4.23. The van der Waals surface area contributed by atoms with Crippen molar-refractivity contribution in [1.29, 1.82) is 0 Å². The van der Waals surface area contributed by atoms with Gasteiger partial charge in [-0.15, -0.1) is 6.42 Å². The molecule has 1 atom stereocenters. The predicted molar refractivity (Wildman–Crippen MR) is 75.5 cm³/mol. The van der Waals surface area contributed by atoms with E-state index < -0.39 is 0 Å². The largest absolute Gasteiger partial charge is 0.380 e. The van der Waals surface area contributed by atoms with Gasteiger partial charge in [-0.2, -0.15) is 5.10 Å². The van der Waals surface area contributed by atoms with Crippen LogP contribution < -0.4 is 10.9 Å². The van der Waals surface area contributed by atoms with Crippen molar-refractivity contribution in [3.8, 4) is 12.3 Å². The van der Waals surface area contributed by atoms with Crippen molar-refractivity contribution in [3.05, 3.63) is 21.0 Å². The van der Waals surface area contributed by atoms with Crippen molar-refractivity contribution in [1.82, 2.24) is 9.78 Å². The van der Waals surface area contributed by atoms with Crippen LogP contribution in [0.5, 0.6) is 0 Å². The maximum absolute atomic E-state index is 11.9. The number of halogens is 1. The normalized spacial score (nSPS) is 16.7. The Kier molecular flexibility index (Phi) is 4.07. The highest BCUT2D eigenvalue weighted by molar-refractivity contribution is 9.10. The lowest BCUT2D eigenvalue weighted by Crippen LogP contribution is -2.32. The summed E-state index contributed by atoms with van der Waals surface area (Å²) in [6.07, 6.45) is 10.7. The van der Waals surface area contributed by atoms with Crippen molar-refractivity contribution < 1.29 is 0 Å². The van der Waals surface area contributed by atoms with Crippen LogP contribution >= 0.6 is 15.9 Å². The highest BCUT2D eigenvalue weighted by atomic mass is 79.9. The van der Waals surface area contributed by atoms with Gasteiger partial charge in [0.1, 0.15) is 11.0 Å². The van der Waals surface area contributed by atoms with E-state index in [4.69, 9.17) is 6.42 Å². The molecule has 1 saturated carbocycles. The molecule has 0 aromatic carbocycles. The Labute approximate surface area is 115 Å². The van der Waals surface area contributed by atoms with Crippen LogP contribution in [-0.2, 0) is 6.54 Å². The zero-order valence-corrected chi connectivity index (χ0v) is 11.9. The first-order valence-corrected chi connectivity index (χ1v) is 6.88. The molecule has 4 nitrogen and oxygen atoms in total. The maximum atomic E-state index is 11.9. The van der Waals surface area contributed by atoms with Crippen LogP contribution in [-0.4, -0.2) is 15.8 Å². The number of aromatic nitrogens is 2. The maximum Gasteiger partial charge on any atom is 0.284 e. The number of nitrogens with one attached hydrogen (secondary N) is 1. The highest BCUT2D eigenvalue weighted by Gasteiger charge is 2.24. The molecule has 1 aliphatic rings. The minimum Gasteiger partial charge on any atom is -0.380 e. The molecular formula is C13H16BrN3O. The van der Waals surface area contributed by atoms with Gasteiger partial charge in [0.05, 0.1) is 11.9 Å². The summed E-state index contributed by atoms with van der Waals surface area (Å²) in [5.41, 5.74) is 0.548. The molecule has 1 unspecified atom stereocenters. The molecule has 0 radical (unpaired) electrons. The minimum absolute atomic E-state index is 0.190. The second kappa shape index (κ2) is 5.57. The van der Waals surface area contributed by atoms with Crippen LogP contribution in [0.3, 0.4) is 0 Å². The molecule has 0 amide bonds. The Morgan fingerprint density at radius 3 is 3.00 bits per heavy atom. The lowest BCUT2D eigenvalue weighted by Gasteiger charge is -2.32. The number of rotatable bonds is 4. The molecule has 1 aromatic heterocycles. The molecule has 5 heteroatoms. The van der Waals surface area contributed by atoms with E-state index in [1.54, 1.807) is 6.20 Å². The van der Waals surface area contributed by atoms with Gasteiger partial charge in [0, 0.05) is 6.04 Å². The first-order valence-electron chi connectivity index (χ1n) is 6.09. The van der Waals surface area contributed by atoms with Crippen molar-refractivity contribution in [2.45, 2.75) is 38.8 Å². The van der Waals surface area contributed by atoms with Crippen LogP contribution in [0.2, 0.25) is 0 Å². The lowest BCUT2D eigenvalue weighted by molar-refractivity contribution is 0.285. The van der Waals surface area contributed by atoms with Crippen LogP contribution in [0, 0.1) is 18.3 Å². The molecular weight excluding hydrogens is 294 g/mol. The SMILES string of the molecule is C#CCn1ncc(NC(C)C2CCC2)c(Br)c1=O. The number of terminal acetylenes is 1. The van der Waals surface area contributed by atoms with E-state index >= 15 is 0 Å². The van der Waals surface area contributed by atoms with E-state index in [1.165, 1.54) is 23.9 Å². The standard InChI is InChI=1S/C13H16BrN3O/c1-3-7-17-13(18)12(14)11(8-15-17)16-9(2)10-5-4-6-10/h1,8-10,16H,4-7H2,2H3. The third-order valence-electron chi connectivity index (χ3n) is 3.47. The van der Waals surface area contributed by atoms with Gasteiger partial charge in [-0.25, -0.2) is 4.68 Å². The second-order valence-corrected chi connectivity index (χ2v) is 5.46. The molecule has 0 aliphatic heterocycles. The molecule has 1 fully saturated rings. The topological polar surface area (TPSA) is 46.9 Å². The molecule has 1 heterocycles. The van der Waals surface area contributed by atoms with Gasteiger partial charge in [-0.3, -0.25) is 4.79 Å². The molecule has 96 valence electrons. The van der Waals surface area contributed by atoms with E-state index in [9.17, 15) is 4.79 Å². The monoisotopic (exact) mass is 309 g/mol. The molecule has 0 spiro atoms. The van der Waals surface area contributed by atoms with Gasteiger partial charge in [0.25, 0.3) is 5.56 Å². The summed E-state index contributed by atoms with van der Waals surface area (Å²) < 4.78 is 1.77. The fourth-order valence-electron chi connectivity index (χ4n) is 2.07. The molecule has 1 aromatic rings. The van der Waals surface area contributed by atoms with Crippen molar-refractivity contribution in [3.63, 3.8) is 0 Å². The van der Waals surface area contributed by atoms with E-state index in [-0.39, 0.29) is 12.1 Å². The highest BCUT2D eigenvalue weighted by Crippen LogP contribution is 2.31. The van der Waals surface area contributed by atoms with Crippen LogP contribution in [0.15, 0.2) is 15.5 Å². The van der Waals surface area contributed by atoms with E-state index in [0.29, 0.717) is 16.4 Å². The quantitative estimate of drug-likeness (QED) is 0.868. The first kappa shape index (κ1) is 13.2. The summed E-state index contributed by atoms with van der Waals surface area (Å²) in [6.45, 7) is 2.33. The van der Waals surface area contributed by atoms with Gasteiger partial charge in [-0.1, -0.05) is 12.3 Å². The molecule has 1 N–H and O–H groups in total. The number of hydrogen-bond donors (Lipinski definition) is 1. The summed E-state index contributed by atoms with van der Waals surface area (Å²) in [4.78, 5) is 11.9. The average Bonchev–Trinajstić information content (AvgIpc) is 2.26. The van der Waals surface area contributed by atoms with Gasteiger partial charge in [-0.05, 0) is 41.6 Å². The van der Waals surface area contributed by atoms with E-state index in [1.807, 2.05) is 0 Å². The summed E-state index contributed by atoms with van der Waals surface area (Å²) in [5.74, 6) is 3.11. The van der Waals surface area contributed by atoms with Crippen LogP contribution in [0.25, 0.3) is 0 Å². The number of anilines is 1. The van der Waals surface area contributed by atoms with Gasteiger partial charge in [0.15, 0.2) is 0 Å². The Morgan fingerprint density at radius 1 is 1.72 bits per heavy atom. The fourth-order valence-corrected chi connectivity index (χ4v) is 2.49. The van der Waals surface area contributed by atoms with E-state index in [0.717, 1.165) is 5.69 Å². The van der Waals surface area contributed by atoms with Gasteiger partial charge < -0.3 is 5.32 Å². The molecule has 0 bridgehead atoms. The van der Waals surface area contributed by atoms with Gasteiger partial charge in [0.2, 0.25) is 0 Å². The first-order chi connectivity index (χ1) is 8.63. The molecule has 0 saturated heterocycles. The average molecular weight is 310 g/mol. The zero-order chi connectivity index (χ0) is 13.1. The Balaban J connectivity index is 2.16. The second-order valence-electron chi connectivity index (χ2n) is 4.66. The summed E-state index contributed by atoms with van der Waals surface area (Å²) in [5, 5.41) is 7.40. The van der Waals surface area contributed by atoms with Crippen molar-refractivity contribution >= 4 is 21.6 Å². The Morgan fingerprint density at radius 2 is 2.44 bits per heavy atom. The van der Waals surface area contributed by atoms with Crippen LogP contribution in [0.1, 0.15) is 26.2 Å². The summed E-state index contributed by atoms with van der Waals surface area (Å²) in [7, 11) is 0. The van der Waals surface area contributed by atoms with Crippen molar-refractivity contribution in [2.24, 2.45) is 5.92 Å². The predicted octanol–water partition coefficient (Wildman–Crippen LogP) is 2.24. The molecule has 1 aliphatic carbocycles. The van der Waals surface area contributed by atoms with E-state index in [2.05, 4.69) is 39.2 Å². The smallest absolute Gasteiger partial charge is 0.284 e. The number of nitrogens with zero attached hydrogens (tertiary/aromatic N) is 2. The molecule has 2 rings (SSSR count). The lowest BCUT2D eigenvalue weighted by atomic mass is 9.80. The van der Waals surface area contributed by atoms with Crippen LogP contribution in [0.4, 0.5) is 5.69 Å². The zero-order valence-electron chi connectivity index (χ0n) is 10.3. The Bertz CT molecular complexity index is 528. The number of hydrogen-bond acceptors (Lipinski definition) is 3. The van der Waals surface area contributed by atoms with Gasteiger partial charge >= 0.3 is 0 Å². The fraction of sp³-hybridized carbons (Fsp3) is 0.538. The Hall–Kier alpha value is -1.28.